The lowest BCUT2D eigenvalue weighted by Gasteiger charge is -2.25. The molecular weight excluding hydrogens is 398 g/mol. The van der Waals surface area contributed by atoms with E-state index in [9.17, 15) is 19.8 Å². The van der Waals surface area contributed by atoms with Gasteiger partial charge in [-0.3, -0.25) is 9.59 Å². The van der Waals surface area contributed by atoms with Gasteiger partial charge in [-0.15, -0.1) is 0 Å². The quantitative estimate of drug-likeness (QED) is 0.426. The van der Waals surface area contributed by atoms with Crippen molar-refractivity contribution in [1.29, 1.82) is 0 Å². The highest BCUT2D eigenvalue weighted by molar-refractivity contribution is 6.46. The van der Waals surface area contributed by atoms with Crippen LogP contribution >= 0.6 is 11.6 Å². The van der Waals surface area contributed by atoms with Gasteiger partial charge >= 0.3 is 0 Å². The van der Waals surface area contributed by atoms with Crippen LogP contribution < -0.4 is 4.74 Å². The number of phenols is 1. The molecule has 1 amide bonds. The van der Waals surface area contributed by atoms with Gasteiger partial charge in [-0.25, -0.2) is 0 Å². The number of ketones is 1. The van der Waals surface area contributed by atoms with Gasteiger partial charge in [0.25, 0.3) is 11.7 Å². The molecule has 1 saturated heterocycles. The van der Waals surface area contributed by atoms with Crippen molar-refractivity contribution < 1.29 is 29.3 Å². The number of likely N-dealkylation sites (tertiary alicyclic amines) is 1. The van der Waals surface area contributed by atoms with E-state index < -0.39 is 17.7 Å². The van der Waals surface area contributed by atoms with E-state index in [1.54, 1.807) is 30.3 Å². The number of hydrogen-bond donors (Lipinski definition) is 2. The molecule has 1 heterocycles. The second-order valence-corrected chi connectivity index (χ2v) is 6.86. The third kappa shape index (κ3) is 3.92. The second kappa shape index (κ2) is 8.55. The maximum atomic E-state index is 12.8. The van der Waals surface area contributed by atoms with Crippen LogP contribution in [0.25, 0.3) is 5.76 Å². The monoisotopic (exact) mass is 417 g/mol. The standard InChI is InChI=1S/C21H20ClNO6/c1-28-10-9-23-18(13-5-8-15(24)16(11-13)29-2)17(20(26)21(23)27)19(25)12-3-6-14(22)7-4-12/h3-8,11,18,24-25H,9-10H2,1-2H3/b19-17+/t18-/m1/s1. The number of benzene rings is 2. The maximum absolute atomic E-state index is 12.8. The minimum atomic E-state index is -0.865. The van der Waals surface area contributed by atoms with Crippen LogP contribution in [0, 0.1) is 0 Å². The van der Waals surface area contributed by atoms with Crippen molar-refractivity contribution in [2.45, 2.75) is 6.04 Å². The first-order valence-electron chi connectivity index (χ1n) is 8.79. The van der Waals surface area contributed by atoms with Gasteiger partial charge in [0, 0.05) is 24.2 Å². The van der Waals surface area contributed by atoms with Crippen LogP contribution in [-0.2, 0) is 14.3 Å². The highest BCUT2D eigenvalue weighted by Gasteiger charge is 2.46. The Labute approximate surface area is 172 Å². The average Bonchev–Trinajstić information content (AvgIpc) is 2.97. The number of Topliss-reactive ketones (excluding diaryl/α,β-unsaturated/α-hetero) is 1. The summed E-state index contributed by atoms with van der Waals surface area (Å²) in [4.78, 5) is 26.8. The number of aromatic hydroxyl groups is 1. The molecule has 2 aromatic carbocycles. The van der Waals surface area contributed by atoms with E-state index >= 15 is 0 Å². The summed E-state index contributed by atoms with van der Waals surface area (Å²) in [6, 6.07) is 9.93. The van der Waals surface area contributed by atoms with Crippen molar-refractivity contribution in [2.75, 3.05) is 27.4 Å². The summed E-state index contributed by atoms with van der Waals surface area (Å²) in [6.07, 6.45) is 0. The number of methoxy groups -OCH3 is 2. The number of nitrogens with zero attached hydrogens (tertiary/aromatic N) is 1. The number of amides is 1. The number of aliphatic hydroxyl groups is 1. The van der Waals surface area contributed by atoms with Crippen LogP contribution in [0.3, 0.4) is 0 Å². The number of rotatable bonds is 6. The fraction of sp³-hybridized carbons (Fsp3) is 0.238. The highest BCUT2D eigenvalue weighted by atomic mass is 35.5. The molecule has 0 aromatic heterocycles. The first kappa shape index (κ1) is 20.7. The van der Waals surface area contributed by atoms with Gasteiger partial charge in [0.05, 0.1) is 25.3 Å². The third-order valence-electron chi connectivity index (χ3n) is 4.71. The van der Waals surface area contributed by atoms with Gasteiger partial charge in [-0.2, -0.15) is 0 Å². The summed E-state index contributed by atoms with van der Waals surface area (Å²) in [7, 11) is 2.89. The topological polar surface area (TPSA) is 96.3 Å². The highest BCUT2D eigenvalue weighted by Crippen LogP contribution is 2.41. The number of carbonyl (C=O) groups excluding carboxylic acids is 2. The Morgan fingerprint density at radius 3 is 2.45 bits per heavy atom. The summed E-state index contributed by atoms with van der Waals surface area (Å²) in [6.45, 7) is 0.353. The Bertz CT molecular complexity index is 970. The molecule has 29 heavy (non-hydrogen) atoms. The van der Waals surface area contributed by atoms with Crippen LogP contribution in [0.2, 0.25) is 5.02 Å². The molecule has 2 N–H and O–H groups in total. The minimum Gasteiger partial charge on any atom is -0.507 e. The Hall–Kier alpha value is -3.03. The first-order valence-corrected chi connectivity index (χ1v) is 9.17. The Morgan fingerprint density at radius 2 is 1.83 bits per heavy atom. The molecule has 0 aliphatic carbocycles. The van der Waals surface area contributed by atoms with Gasteiger partial charge in [0.15, 0.2) is 11.5 Å². The predicted octanol–water partition coefficient (Wildman–Crippen LogP) is 3.12. The van der Waals surface area contributed by atoms with Crippen molar-refractivity contribution in [3.05, 3.63) is 64.2 Å². The second-order valence-electron chi connectivity index (χ2n) is 6.42. The van der Waals surface area contributed by atoms with Gasteiger partial charge in [0.2, 0.25) is 0 Å². The molecule has 0 radical (unpaired) electrons. The summed E-state index contributed by atoms with van der Waals surface area (Å²) in [5.74, 6) is -1.74. The molecule has 0 bridgehead atoms. The van der Waals surface area contributed by atoms with Crippen LogP contribution in [0.5, 0.6) is 11.5 Å². The van der Waals surface area contributed by atoms with Gasteiger partial charge in [-0.1, -0.05) is 17.7 Å². The zero-order valence-electron chi connectivity index (χ0n) is 15.9. The van der Waals surface area contributed by atoms with Crippen LogP contribution in [0.4, 0.5) is 0 Å². The van der Waals surface area contributed by atoms with E-state index in [0.717, 1.165) is 0 Å². The molecule has 0 unspecified atom stereocenters. The molecular formula is C21H20ClNO6. The van der Waals surface area contributed by atoms with Crippen molar-refractivity contribution >= 4 is 29.1 Å². The first-order chi connectivity index (χ1) is 13.9. The summed E-state index contributed by atoms with van der Waals surface area (Å²) < 4.78 is 10.2. The van der Waals surface area contributed by atoms with Crippen LogP contribution in [0.1, 0.15) is 17.2 Å². The molecule has 2 aromatic rings. The van der Waals surface area contributed by atoms with Gasteiger partial charge in [0.1, 0.15) is 5.76 Å². The van der Waals surface area contributed by atoms with Gasteiger partial charge < -0.3 is 24.6 Å². The number of carbonyl (C=O) groups is 2. The molecule has 1 aliphatic heterocycles. The number of aliphatic hydroxyl groups excluding tert-OH is 1. The van der Waals surface area contributed by atoms with E-state index in [0.29, 0.717) is 16.1 Å². The fourth-order valence-corrected chi connectivity index (χ4v) is 3.40. The number of phenolic OH excluding ortho intramolecular Hbond substituents is 1. The summed E-state index contributed by atoms with van der Waals surface area (Å²) in [5.41, 5.74) is 0.807. The fourth-order valence-electron chi connectivity index (χ4n) is 3.27. The molecule has 0 saturated carbocycles. The molecule has 0 spiro atoms. The normalized spacial score (nSPS) is 18.3. The van der Waals surface area contributed by atoms with Crippen molar-refractivity contribution in [3.63, 3.8) is 0 Å². The largest absolute Gasteiger partial charge is 0.507 e. The Balaban J connectivity index is 2.18. The zero-order chi connectivity index (χ0) is 21.1. The average molecular weight is 418 g/mol. The molecule has 1 fully saturated rings. The molecule has 8 heteroatoms. The lowest BCUT2D eigenvalue weighted by Crippen LogP contribution is -2.32. The third-order valence-corrected chi connectivity index (χ3v) is 4.97. The van der Waals surface area contributed by atoms with E-state index in [-0.39, 0.29) is 36.0 Å². The Morgan fingerprint density at radius 1 is 1.14 bits per heavy atom. The summed E-state index contributed by atoms with van der Waals surface area (Å²) >= 11 is 5.90. The van der Waals surface area contributed by atoms with Crippen molar-refractivity contribution in [2.24, 2.45) is 0 Å². The van der Waals surface area contributed by atoms with E-state index in [4.69, 9.17) is 21.1 Å². The number of halogens is 1. The Kier molecular flexibility index (Phi) is 6.10. The molecule has 7 nitrogen and oxygen atoms in total. The van der Waals surface area contributed by atoms with E-state index in [1.807, 2.05) is 0 Å². The molecule has 3 rings (SSSR count). The molecule has 1 atom stereocenters. The maximum Gasteiger partial charge on any atom is 0.295 e. The lowest BCUT2D eigenvalue weighted by atomic mass is 9.95. The van der Waals surface area contributed by atoms with E-state index in [1.165, 1.54) is 31.3 Å². The van der Waals surface area contributed by atoms with E-state index in [2.05, 4.69) is 0 Å². The van der Waals surface area contributed by atoms with Crippen molar-refractivity contribution in [1.82, 2.24) is 4.90 Å². The smallest absolute Gasteiger partial charge is 0.295 e. The summed E-state index contributed by atoms with van der Waals surface area (Å²) in [5, 5.41) is 21.3. The molecule has 1 aliphatic rings. The predicted molar refractivity (Wildman–Crippen MR) is 107 cm³/mol. The van der Waals surface area contributed by atoms with Crippen LogP contribution in [-0.4, -0.2) is 54.2 Å². The SMILES string of the molecule is COCCN1C(=O)C(=O)/C(=C(/O)c2ccc(Cl)cc2)[C@H]1c1ccc(O)c(OC)c1. The lowest BCUT2D eigenvalue weighted by molar-refractivity contribution is -0.140. The van der Waals surface area contributed by atoms with Crippen LogP contribution in [0.15, 0.2) is 48.0 Å². The van der Waals surface area contributed by atoms with Gasteiger partial charge in [-0.05, 0) is 42.0 Å². The number of ether oxygens (including phenoxy) is 2. The minimum absolute atomic E-state index is 0.0545. The zero-order valence-corrected chi connectivity index (χ0v) is 16.6. The van der Waals surface area contributed by atoms with Crippen molar-refractivity contribution in [3.8, 4) is 11.5 Å². The number of hydrogen-bond acceptors (Lipinski definition) is 6. The molecule has 152 valence electrons.